The molecule has 0 aromatic heterocycles. The van der Waals surface area contributed by atoms with Gasteiger partial charge in [-0.3, -0.25) is 9.59 Å². The smallest absolute Gasteiger partial charge is 0.306 e. The molecule has 2 atom stereocenters. The number of benzene rings is 1. The molecule has 1 aromatic rings. The number of carboxylic acid groups (broad SMARTS) is 1. The Labute approximate surface area is 146 Å². The number of sulfonamides is 1. The van der Waals surface area contributed by atoms with Crippen LogP contribution in [0.4, 0.5) is 0 Å². The van der Waals surface area contributed by atoms with Gasteiger partial charge in [-0.25, -0.2) is 13.1 Å². The Kier molecular flexibility index (Phi) is 6.51. The summed E-state index contributed by atoms with van der Waals surface area (Å²) >= 11 is 0. The summed E-state index contributed by atoms with van der Waals surface area (Å²) in [6, 6.07) is 5.42. The quantitative estimate of drug-likeness (QED) is 0.576. The second-order valence-corrected chi connectivity index (χ2v) is 7.70. The highest BCUT2D eigenvalue weighted by Crippen LogP contribution is 2.26. The Morgan fingerprint density at radius 1 is 1.24 bits per heavy atom. The summed E-state index contributed by atoms with van der Waals surface area (Å²) < 4.78 is 31.3. The lowest BCUT2D eigenvalue weighted by Crippen LogP contribution is -2.33. The van der Waals surface area contributed by atoms with Crippen LogP contribution < -0.4 is 10.0 Å². The van der Waals surface area contributed by atoms with E-state index in [-0.39, 0.29) is 30.0 Å². The fourth-order valence-corrected chi connectivity index (χ4v) is 3.77. The highest BCUT2D eigenvalue weighted by atomic mass is 32.2. The molecular weight excluding hydrogens is 348 g/mol. The number of carbonyl (C=O) groups is 2. The third-order valence-corrected chi connectivity index (χ3v) is 5.62. The topological polar surface area (TPSA) is 122 Å². The van der Waals surface area contributed by atoms with Crippen LogP contribution in [0.1, 0.15) is 29.6 Å². The van der Waals surface area contributed by atoms with E-state index in [1.165, 1.54) is 31.4 Å². The molecular formula is C16H22N2O6S. The first kappa shape index (κ1) is 19.4. The van der Waals surface area contributed by atoms with E-state index in [2.05, 4.69) is 10.0 Å². The van der Waals surface area contributed by atoms with Crippen molar-refractivity contribution in [2.75, 3.05) is 20.3 Å². The van der Waals surface area contributed by atoms with Gasteiger partial charge >= 0.3 is 5.97 Å². The van der Waals surface area contributed by atoms with Crippen LogP contribution in [0.25, 0.3) is 0 Å². The van der Waals surface area contributed by atoms with E-state index in [9.17, 15) is 18.0 Å². The van der Waals surface area contributed by atoms with Gasteiger partial charge in [0.05, 0.1) is 17.4 Å². The molecule has 0 radical (unpaired) electrons. The molecule has 0 bridgehead atoms. The van der Waals surface area contributed by atoms with Crippen molar-refractivity contribution in [2.24, 2.45) is 5.92 Å². The minimum absolute atomic E-state index is 0.0620. The average Bonchev–Trinajstić information content (AvgIpc) is 3.04. The number of ether oxygens (including phenoxy) is 1. The lowest BCUT2D eigenvalue weighted by Gasteiger charge is -2.13. The van der Waals surface area contributed by atoms with E-state index in [0.717, 1.165) is 0 Å². The fourth-order valence-electron chi connectivity index (χ4n) is 2.75. The van der Waals surface area contributed by atoms with E-state index < -0.39 is 21.9 Å². The first-order valence-corrected chi connectivity index (χ1v) is 9.44. The van der Waals surface area contributed by atoms with Crippen molar-refractivity contribution >= 4 is 21.9 Å². The first-order chi connectivity index (χ1) is 11.8. The molecule has 0 unspecified atom stereocenters. The molecule has 25 heavy (non-hydrogen) atoms. The van der Waals surface area contributed by atoms with Crippen LogP contribution in [-0.2, 0) is 19.6 Å². The van der Waals surface area contributed by atoms with Crippen molar-refractivity contribution in [1.82, 2.24) is 10.0 Å². The Bertz CT molecular complexity index is 717. The van der Waals surface area contributed by atoms with Crippen LogP contribution in [-0.4, -0.2) is 51.7 Å². The second-order valence-electron chi connectivity index (χ2n) is 5.93. The summed E-state index contributed by atoms with van der Waals surface area (Å²) in [5.41, 5.74) is 0.328. The van der Waals surface area contributed by atoms with Gasteiger partial charge in [-0.2, -0.15) is 0 Å². The van der Waals surface area contributed by atoms with Gasteiger partial charge in [0, 0.05) is 25.3 Å². The van der Waals surface area contributed by atoms with Crippen molar-refractivity contribution in [3.63, 3.8) is 0 Å². The Morgan fingerprint density at radius 2 is 1.92 bits per heavy atom. The molecule has 8 nitrogen and oxygen atoms in total. The second kappa shape index (κ2) is 8.41. The largest absolute Gasteiger partial charge is 0.481 e. The van der Waals surface area contributed by atoms with Gasteiger partial charge in [0.15, 0.2) is 0 Å². The van der Waals surface area contributed by atoms with Gasteiger partial charge in [-0.05, 0) is 43.5 Å². The van der Waals surface area contributed by atoms with Gasteiger partial charge in [-0.1, -0.05) is 0 Å². The molecule has 1 aliphatic rings. The van der Waals surface area contributed by atoms with Crippen molar-refractivity contribution in [3.8, 4) is 0 Å². The number of amides is 1. The normalized spacial score (nSPS) is 20.4. The molecule has 0 saturated heterocycles. The highest BCUT2D eigenvalue weighted by molar-refractivity contribution is 7.89. The molecule has 0 heterocycles. The molecule has 9 heteroatoms. The number of carbonyl (C=O) groups excluding carboxylic acids is 1. The summed E-state index contributed by atoms with van der Waals surface area (Å²) in [4.78, 5) is 23.2. The summed E-state index contributed by atoms with van der Waals surface area (Å²) in [6.45, 7) is 0.423. The van der Waals surface area contributed by atoms with Crippen molar-refractivity contribution in [1.29, 1.82) is 0 Å². The molecule has 2 rings (SSSR count). The predicted molar refractivity (Wildman–Crippen MR) is 89.7 cm³/mol. The number of hydrogen-bond donors (Lipinski definition) is 3. The predicted octanol–water partition coefficient (Wildman–Crippen LogP) is 0.594. The standard InChI is InChI=1S/C16H22N2O6S/c1-24-9-8-17-25(22,23)14-6-3-11(4-7-14)15(19)18-13-5-2-12(10-13)16(20)21/h3-4,6-7,12-13,17H,2,5,8-10H2,1H3,(H,18,19)(H,20,21)/t12-,13+/m1/s1. The third-order valence-electron chi connectivity index (χ3n) is 4.14. The van der Waals surface area contributed by atoms with Crippen molar-refractivity contribution in [3.05, 3.63) is 29.8 Å². The SMILES string of the molecule is COCCNS(=O)(=O)c1ccc(C(=O)N[C@H]2CC[C@@H](C(=O)O)C2)cc1. The minimum Gasteiger partial charge on any atom is -0.481 e. The minimum atomic E-state index is -3.64. The molecule has 1 aliphatic carbocycles. The zero-order valence-electron chi connectivity index (χ0n) is 13.9. The van der Waals surface area contributed by atoms with Crippen LogP contribution in [0, 0.1) is 5.92 Å². The van der Waals surface area contributed by atoms with E-state index in [0.29, 0.717) is 24.8 Å². The zero-order chi connectivity index (χ0) is 18.4. The Hall–Kier alpha value is -1.97. The number of carboxylic acids is 1. The first-order valence-electron chi connectivity index (χ1n) is 7.96. The number of hydrogen-bond acceptors (Lipinski definition) is 5. The van der Waals surface area contributed by atoms with Crippen LogP contribution in [0.2, 0.25) is 0 Å². The summed E-state index contributed by atoms with van der Waals surface area (Å²) in [5, 5.41) is 11.8. The number of aliphatic carboxylic acids is 1. The van der Waals surface area contributed by atoms with Crippen LogP contribution >= 0.6 is 0 Å². The van der Waals surface area contributed by atoms with E-state index in [1.54, 1.807) is 0 Å². The van der Waals surface area contributed by atoms with Crippen LogP contribution in [0.15, 0.2) is 29.2 Å². The van der Waals surface area contributed by atoms with Crippen molar-refractivity contribution < 1.29 is 27.9 Å². The molecule has 1 fully saturated rings. The number of nitrogens with one attached hydrogen (secondary N) is 2. The monoisotopic (exact) mass is 370 g/mol. The average molecular weight is 370 g/mol. The molecule has 0 spiro atoms. The number of rotatable bonds is 8. The lowest BCUT2D eigenvalue weighted by molar-refractivity contribution is -0.141. The van der Waals surface area contributed by atoms with Gasteiger partial charge in [0.1, 0.15) is 0 Å². The van der Waals surface area contributed by atoms with Gasteiger partial charge < -0.3 is 15.2 Å². The Morgan fingerprint density at radius 3 is 2.48 bits per heavy atom. The van der Waals surface area contributed by atoms with E-state index in [1.807, 2.05) is 0 Å². The summed E-state index contributed by atoms with van der Waals surface area (Å²) in [6.07, 6.45) is 1.58. The molecule has 1 amide bonds. The van der Waals surface area contributed by atoms with Gasteiger partial charge in [-0.15, -0.1) is 0 Å². The summed E-state index contributed by atoms with van der Waals surface area (Å²) in [7, 11) is -2.16. The van der Waals surface area contributed by atoms with Crippen LogP contribution in [0.5, 0.6) is 0 Å². The maximum atomic E-state index is 12.2. The zero-order valence-corrected chi connectivity index (χ0v) is 14.7. The molecule has 0 aliphatic heterocycles. The van der Waals surface area contributed by atoms with E-state index in [4.69, 9.17) is 9.84 Å². The highest BCUT2D eigenvalue weighted by Gasteiger charge is 2.30. The maximum absolute atomic E-state index is 12.2. The Balaban J connectivity index is 1.95. The maximum Gasteiger partial charge on any atom is 0.306 e. The third kappa shape index (κ3) is 5.25. The van der Waals surface area contributed by atoms with Gasteiger partial charge in [0.25, 0.3) is 5.91 Å². The van der Waals surface area contributed by atoms with E-state index >= 15 is 0 Å². The molecule has 3 N–H and O–H groups in total. The molecule has 138 valence electrons. The molecule has 1 saturated carbocycles. The van der Waals surface area contributed by atoms with Crippen molar-refractivity contribution in [2.45, 2.75) is 30.2 Å². The molecule has 1 aromatic carbocycles. The number of methoxy groups -OCH3 is 1. The fraction of sp³-hybridized carbons (Fsp3) is 0.500. The lowest BCUT2D eigenvalue weighted by atomic mass is 10.1. The van der Waals surface area contributed by atoms with Gasteiger partial charge in [0.2, 0.25) is 10.0 Å². The summed E-state index contributed by atoms with van der Waals surface area (Å²) in [5.74, 6) is -1.60. The van der Waals surface area contributed by atoms with Crippen LogP contribution in [0.3, 0.4) is 0 Å².